The van der Waals surface area contributed by atoms with Crippen LogP contribution < -0.4 is 0 Å². The van der Waals surface area contributed by atoms with Crippen molar-refractivity contribution < 1.29 is 9.50 Å². The molecule has 1 unspecified atom stereocenters. The molecule has 1 aromatic carbocycles. The van der Waals surface area contributed by atoms with E-state index in [0.717, 1.165) is 5.03 Å². The van der Waals surface area contributed by atoms with Crippen molar-refractivity contribution in [1.82, 2.24) is 4.98 Å². The first-order valence-electron chi connectivity index (χ1n) is 5.23. The summed E-state index contributed by atoms with van der Waals surface area (Å²) in [5, 5.41) is 10.7. The molecule has 17 heavy (non-hydrogen) atoms. The van der Waals surface area contributed by atoms with Crippen LogP contribution in [0, 0.1) is 5.82 Å². The third kappa shape index (κ3) is 3.28. The molecule has 1 aromatic heterocycles. The van der Waals surface area contributed by atoms with Crippen LogP contribution in [0.25, 0.3) is 0 Å². The number of rotatable bonds is 4. The van der Waals surface area contributed by atoms with Crippen molar-refractivity contribution in [3.05, 3.63) is 60.0 Å². The van der Waals surface area contributed by atoms with Gasteiger partial charge in [0.1, 0.15) is 5.82 Å². The molecule has 2 aromatic rings. The fourth-order valence-electron chi connectivity index (χ4n) is 1.43. The lowest BCUT2D eigenvalue weighted by molar-refractivity contribution is 0.199. The van der Waals surface area contributed by atoms with Crippen LogP contribution in [0.1, 0.15) is 11.7 Å². The monoisotopic (exact) mass is 249 g/mol. The predicted octanol–water partition coefficient (Wildman–Crippen LogP) is 3.05. The Hall–Kier alpha value is -1.39. The summed E-state index contributed by atoms with van der Waals surface area (Å²) >= 11 is 1.40. The van der Waals surface area contributed by atoms with Crippen LogP contribution in [-0.4, -0.2) is 15.8 Å². The summed E-state index contributed by atoms with van der Waals surface area (Å²) < 4.78 is 13.4. The van der Waals surface area contributed by atoms with Crippen LogP contribution in [0.2, 0.25) is 0 Å². The Kier molecular flexibility index (Phi) is 4.12. The molecule has 1 heterocycles. The Morgan fingerprint density at radius 3 is 2.65 bits per heavy atom. The molecule has 1 atom stereocenters. The molecular weight excluding hydrogens is 237 g/mol. The molecule has 88 valence electrons. The summed E-state index contributed by atoms with van der Waals surface area (Å²) in [7, 11) is 0. The molecule has 1 N–H and O–H groups in total. The van der Waals surface area contributed by atoms with E-state index in [-0.39, 0.29) is 5.82 Å². The normalized spacial score (nSPS) is 12.4. The maximum absolute atomic E-state index is 13.4. The molecule has 0 radical (unpaired) electrons. The lowest BCUT2D eigenvalue weighted by Crippen LogP contribution is -2.03. The number of aliphatic hydroxyl groups excluding tert-OH is 1. The van der Waals surface area contributed by atoms with Gasteiger partial charge >= 0.3 is 0 Å². The molecule has 0 amide bonds. The Bertz CT molecular complexity index is 478. The fraction of sp³-hybridized carbons (Fsp3) is 0.154. The number of halogens is 1. The highest BCUT2D eigenvalue weighted by Crippen LogP contribution is 2.24. The van der Waals surface area contributed by atoms with Gasteiger partial charge in [0.15, 0.2) is 0 Å². The zero-order valence-corrected chi connectivity index (χ0v) is 9.90. The highest BCUT2D eigenvalue weighted by atomic mass is 32.2. The summed E-state index contributed by atoms with van der Waals surface area (Å²) in [5.74, 6) is 0.0134. The Morgan fingerprint density at radius 2 is 1.94 bits per heavy atom. The van der Waals surface area contributed by atoms with Crippen molar-refractivity contribution in [3.63, 3.8) is 0 Å². The lowest BCUT2D eigenvalue weighted by Gasteiger charge is -2.10. The smallest absolute Gasteiger partial charge is 0.129 e. The Balaban J connectivity index is 1.99. The summed E-state index contributed by atoms with van der Waals surface area (Å²) in [5.41, 5.74) is 0.330. The first-order valence-corrected chi connectivity index (χ1v) is 6.22. The van der Waals surface area contributed by atoms with E-state index >= 15 is 0 Å². The van der Waals surface area contributed by atoms with Crippen molar-refractivity contribution in [2.45, 2.75) is 11.1 Å². The molecule has 0 saturated heterocycles. The topological polar surface area (TPSA) is 33.1 Å². The maximum atomic E-state index is 13.4. The van der Waals surface area contributed by atoms with Crippen LogP contribution >= 0.6 is 11.8 Å². The zero-order valence-electron chi connectivity index (χ0n) is 9.08. The van der Waals surface area contributed by atoms with Gasteiger partial charge in [0, 0.05) is 17.5 Å². The maximum Gasteiger partial charge on any atom is 0.129 e. The molecule has 0 bridgehead atoms. The number of hydrogen-bond acceptors (Lipinski definition) is 3. The van der Waals surface area contributed by atoms with Crippen LogP contribution in [0.3, 0.4) is 0 Å². The summed E-state index contributed by atoms with van der Waals surface area (Å²) in [6.07, 6.45) is 0.876. The van der Waals surface area contributed by atoms with Gasteiger partial charge in [-0.25, -0.2) is 9.37 Å². The van der Waals surface area contributed by atoms with E-state index in [9.17, 15) is 9.50 Å². The number of benzene rings is 1. The molecule has 0 aliphatic rings. The van der Waals surface area contributed by atoms with Gasteiger partial charge in [-0.1, -0.05) is 24.3 Å². The summed E-state index contributed by atoms with van der Waals surface area (Å²) in [4.78, 5) is 4.12. The van der Waals surface area contributed by atoms with Crippen LogP contribution in [0.4, 0.5) is 4.39 Å². The van der Waals surface area contributed by atoms with E-state index in [2.05, 4.69) is 4.98 Å². The molecule has 0 aliphatic carbocycles. The van der Waals surface area contributed by atoms with Crippen molar-refractivity contribution in [3.8, 4) is 0 Å². The molecular formula is C13H12FNOS. The second-order valence-corrected chi connectivity index (χ2v) is 4.56. The molecule has 0 saturated carbocycles. The van der Waals surface area contributed by atoms with E-state index in [1.165, 1.54) is 17.8 Å². The highest BCUT2D eigenvalue weighted by molar-refractivity contribution is 7.99. The van der Waals surface area contributed by atoms with Crippen LogP contribution in [-0.2, 0) is 0 Å². The predicted molar refractivity (Wildman–Crippen MR) is 66.3 cm³/mol. The third-order valence-corrected chi connectivity index (χ3v) is 3.31. The van der Waals surface area contributed by atoms with Gasteiger partial charge in [-0.15, -0.1) is 11.8 Å². The first-order chi connectivity index (χ1) is 8.27. The van der Waals surface area contributed by atoms with E-state index in [1.807, 2.05) is 18.2 Å². The van der Waals surface area contributed by atoms with Crippen molar-refractivity contribution >= 4 is 11.8 Å². The number of thioether (sulfide) groups is 1. The Labute approximate surface area is 104 Å². The second-order valence-electron chi connectivity index (χ2n) is 3.52. The second kappa shape index (κ2) is 5.80. The third-order valence-electron chi connectivity index (χ3n) is 2.29. The van der Waals surface area contributed by atoms with E-state index in [0.29, 0.717) is 11.3 Å². The van der Waals surface area contributed by atoms with Gasteiger partial charge in [0.2, 0.25) is 0 Å². The van der Waals surface area contributed by atoms with Gasteiger partial charge in [0.05, 0.1) is 11.1 Å². The molecule has 0 fully saturated rings. The van der Waals surface area contributed by atoms with Gasteiger partial charge in [-0.05, 0) is 18.2 Å². The first kappa shape index (κ1) is 12.1. The summed E-state index contributed by atoms with van der Waals surface area (Å²) in [6.45, 7) is 0. The molecule has 4 heteroatoms. The number of nitrogens with zero attached hydrogens (tertiary/aromatic N) is 1. The van der Waals surface area contributed by atoms with E-state index in [4.69, 9.17) is 0 Å². The molecule has 2 rings (SSSR count). The Morgan fingerprint density at radius 1 is 1.18 bits per heavy atom. The number of aliphatic hydroxyl groups is 1. The van der Waals surface area contributed by atoms with Crippen LogP contribution in [0.5, 0.6) is 0 Å². The minimum atomic E-state index is -0.816. The average molecular weight is 249 g/mol. The van der Waals surface area contributed by atoms with Crippen molar-refractivity contribution in [2.24, 2.45) is 0 Å². The minimum Gasteiger partial charge on any atom is -0.387 e. The molecule has 0 spiro atoms. The summed E-state index contributed by atoms with van der Waals surface area (Å²) in [6, 6.07) is 11.8. The van der Waals surface area contributed by atoms with Gasteiger partial charge in [0.25, 0.3) is 0 Å². The highest BCUT2D eigenvalue weighted by Gasteiger charge is 2.12. The van der Waals surface area contributed by atoms with Crippen molar-refractivity contribution in [1.29, 1.82) is 0 Å². The number of pyridine rings is 1. The van der Waals surface area contributed by atoms with Crippen LogP contribution in [0.15, 0.2) is 53.7 Å². The number of aromatic nitrogens is 1. The van der Waals surface area contributed by atoms with Gasteiger partial charge in [-0.2, -0.15) is 0 Å². The SMILES string of the molecule is OC(CSc1ccccn1)c1ccccc1F. The van der Waals surface area contributed by atoms with Gasteiger partial charge < -0.3 is 5.11 Å². The largest absolute Gasteiger partial charge is 0.387 e. The van der Waals surface area contributed by atoms with Gasteiger partial charge in [-0.3, -0.25) is 0 Å². The molecule has 2 nitrogen and oxygen atoms in total. The fourth-order valence-corrected chi connectivity index (χ4v) is 2.25. The zero-order chi connectivity index (χ0) is 12.1. The number of hydrogen-bond donors (Lipinski definition) is 1. The van der Waals surface area contributed by atoms with E-state index in [1.54, 1.807) is 24.4 Å². The average Bonchev–Trinajstić information content (AvgIpc) is 2.38. The lowest BCUT2D eigenvalue weighted by atomic mass is 10.1. The quantitative estimate of drug-likeness (QED) is 0.845. The standard InChI is InChI=1S/C13H12FNOS/c14-11-6-2-1-5-10(11)12(16)9-17-13-7-3-4-8-15-13/h1-8,12,16H,9H2. The molecule has 0 aliphatic heterocycles. The van der Waals surface area contributed by atoms with Crippen molar-refractivity contribution in [2.75, 3.05) is 5.75 Å². The van der Waals surface area contributed by atoms with E-state index < -0.39 is 6.10 Å². The minimum absolute atomic E-state index is 0.330.